The minimum atomic E-state index is -3.44. The third-order valence-corrected chi connectivity index (χ3v) is 3.89. The zero-order chi connectivity index (χ0) is 9.47. The van der Waals surface area contributed by atoms with Crippen molar-refractivity contribution in [3.63, 3.8) is 0 Å². The largest absolute Gasteiger partial charge is 0.325 e. The molecule has 0 aromatic rings. The molecule has 0 N–H and O–H groups in total. The van der Waals surface area contributed by atoms with E-state index in [1.807, 2.05) is 4.90 Å². The Labute approximate surface area is 85.1 Å². The summed E-state index contributed by atoms with van der Waals surface area (Å²) < 4.78 is 21.5. The average Bonchev–Trinajstić information content (AvgIpc) is 2.40. The van der Waals surface area contributed by atoms with Crippen molar-refractivity contribution in [3.8, 4) is 0 Å². The van der Waals surface area contributed by atoms with Gasteiger partial charge in [0.05, 0.1) is 12.3 Å². The molecule has 0 amide bonds. The molecule has 0 aromatic heterocycles. The Morgan fingerprint density at radius 3 is 3.08 bits per heavy atom. The van der Waals surface area contributed by atoms with E-state index in [9.17, 15) is 8.42 Å². The molecule has 2 aliphatic rings. The van der Waals surface area contributed by atoms with E-state index in [4.69, 9.17) is 10.7 Å². The van der Waals surface area contributed by atoms with E-state index in [1.165, 1.54) is 11.8 Å². The zero-order valence-corrected chi connectivity index (χ0v) is 8.99. The van der Waals surface area contributed by atoms with Gasteiger partial charge in [0.1, 0.15) is 0 Å². The normalized spacial score (nSPS) is 21.5. The molecule has 0 spiro atoms. The molecular weight excluding hydrogens is 232 g/mol. The number of fused-ring (bicyclic) bond motifs is 1. The molecule has 0 saturated heterocycles. The van der Waals surface area contributed by atoms with Crippen LogP contribution in [-0.4, -0.2) is 37.3 Å². The number of hydrogen-bond donors (Lipinski definition) is 0. The maximum absolute atomic E-state index is 10.8. The summed E-state index contributed by atoms with van der Waals surface area (Å²) in [6.45, 7) is 1.63. The molecule has 0 bridgehead atoms. The first kappa shape index (κ1) is 9.36. The molecule has 7 heteroatoms. The fourth-order valence-electron chi connectivity index (χ4n) is 1.20. The van der Waals surface area contributed by atoms with Crippen molar-refractivity contribution < 1.29 is 8.42 Å². The molecule has 13 heavy (non-hydrogen) atoms. The highest BCUT2D eigenvalue weighted by Gasteiger charge is 2.26. The van der Waals surface area contributed by atoms with Gasteiger partial charge in [0, 0.05) is 28.3 Å². The van der Waals surface area contributed by atoms with E-state index in [0.717, 1.165) is 23.2 Å². The molecule has 0 atom stereocenters. The monoisotopic (exact) mass is 238 g/mol. The predicted molar refractivity (Wildman–Crippen MR) is 54.3 cm³/mol. The number of rotatable bonds is 2. The minimum absolute atomic E-state index is 0.102. The van der Waals surface area contributed by atoms with Crippen LogP contribution in [0.5, 0.6) is 0 Å². The summed E-state index contributed by atoms with van der Waals surface area (Å²) in [5, 5.41) is 0.885. The van der Waals surface area contributed by atoms with Crippen molar-refractivity contribution in [3.05, 3.63) is 11.1 Å². The Balaban J connectivity index is 2.10. The van der Waals surface area contributed by atoms with Gasteiger partial charge in [-0.05, 0) is 0 Å². The van der Waals surface area contributed by atoms with Gasteiger partial charge in [0.15, 0.2) is 5.17 Å². The third kappa shape index (κ3) is 2.18. The van der Waals surface area contributed by atoms with Crippen LogP contribution < -0.4 is 0 Å². The minimum Gasteiger partial charge on any atom is -0.325 e. The molecule has 2 heterocycles. The van der Waals surface area contributed by atoms with Gasteiger partial charge < -0.3 is 4.90 Å². The molecular formula is C6H7ClN2O2S2. The van der Waals surface area contributed by atoms with Crippen LogP contribution in [0.15, 0.2) is 16.1 Å². The molecule has 0 radical (unpaired) electrons. The van der Waals surface area contributed by atoms with E-state index >= 15 is 0 Å². The van der Waals surface area contributed by atoms with Crippen LogP contribution >= 0.6 is 22.4 Å². The lowest BCUT2D eigenvalue weighted by Gasteiger charge is -2.04. The summed E-state index contributed by atoms with van der Waals surface area (Å²) in [6, 6.07) is 0. The highest BCUT2D eigenvalue weighted by atomic mass is 35.7. The van der Waals surface area contributed by atoms with E-state index in [1.54, 1.807) is 6.20 Å². The van der Waals surface area contributed by atoms with Crippen molar-refractivity contribution in [1.29, 1.82) is 0 Å². The second-order valence-corrected chi connectivity index (χ2v) is 6.61. The molecule has 0 aliphatic carbocycles. The van der Waals surface area contributed by atoms with Crippen LogP contribution in [0.2, 0.25) is 0 Å². The fourth-order valence-corrected chi connectivity index (χ4v) is 3.70. The molecule has 2 aliphatic heterocycles. The summed E-state index contributed by atoms with van der Waals surface area (Å²) in [5.41, 5.74) is 0. The Morgan fingerprint density at radius 1 is 1.69 bits per heavy atom. The maximum Gasteiger partial charge on any atom is 0.237 e. The molecule has 4 nitrogen and oxygen atoms in total. The standard InChI is InChI=1S/C6H7ClN2O2S2/c7-13(10,11)4-5-3-9-2-1-8-6(9)12-5/h3H,1-2,4H2. The zero-order valence-electron chi connectivity index (χ0n) is 6.60. The first-order valence-corrected chi connectivity index (χ1v) is 6.96. The second kappa shape index (κ2) is 3.18. The van der Waals surface area contributed by atoms with Crippen LogP contribution in [0, 0.1) is 0 Å². The van der Waals surface area contributed by atoms with Crippen LogP contribution in [0.1, 0.15) is 0 Å². The van der Waals surface area contributed by atoms with Gasteiger partial charge in [-0.2, -0.15) is 0 Å². The van der Waals surface area contributed by atoms with E-state index in [2.05, 4.69) is 4.99 Å². The van der Waals surface area contributed by atoms with Gasteiger partial charge in [-0.1, -0.05) is 11.8 Å². The average molecular weight is 239 g/mol. The van der Waals surface area contributed by atoms with Gasteiger partial charge in [-0.15, -0.1) is 0 Å². The van der Waals surface area contributed by atoms with Crippen molar-refractivity contribution in [2.75, 3.05) is 18.8 Å². The van der Waals surface area contributed by atoms with E-state index in [-0.39, 0.29) is 5.75 Å². The Hall–Kier alpha value is -0.200. The van der Waals surface area contributed by atoms with E-state index < -0.39 is 9.05 Å². The smallest absolute Gasteiger partial charge is 0.237 e. The summed E-state index contributed by atoms with van der Waals surface area (Å²) in [5.74, 6) is -0.102. The van der Waals surface area contributed by atoms with Crippen LogP contribution in [0.4, 0.5) is 0 Å². The SMILES string of the molecule is O=S(=O)(Cl)CC1=CN2CCN=C2S1. The van der Waals surface area contributed by atoms with Crippen molar-refractivity contribution >= 4 is 36.7 Å². The molecule has 2 rings (SSSR count). The van der Waals surface area contributed by atoms with Gasteiger partial charge in [0.25, 0.3) is 0 Å². The van der Waals surface area contributed by atoms with Gasteiger partial charge in [-0.25, -0.2) is 8.42 Å². The lowest BCUT2D eigenvalue weighted by atomic mass is 10.6. The summed E-state index contributed by atoms with van der Waals surface area (Å²) >= 11 is 1.38. The van der Waals surface area contributed by atoms with Gasteiger partial charge in [-0.3, -0.25) is 4.99 Å². The maximum atomic E-state index is 10.8. The fraction of sp³-hybridized carbons (Fsp3) is 0.500. The Bertz CT molecular complexity index is 387. The quantitative estimate of drug-likeness (QED) is 0.669. The van der Waals surface area contributed by atoms with Crippen LogP contribution in [0.25, 0.3) is 0 Å². The van der Waals surface area contributed by atoms with Crippen LogP contribution in [-0.2, 0) is 9.05 Å². The van der Waals surface area contributed by atoms with Crippen LogP contribution in [0.3, 0.4) is 0 Å². The number of hydrogen-bond acceptors (Lipinski definition) is 5. The third-order valence-electron chi connectivity index (χ3n) is 1.67. The predicted octanol–water partition coefficient (Wildman–Crippen LogP) is 0.815. The molecule has 0 aromatic carbocycles. The molecule has 0 fully saturated rings. The number of thioether (sulfide) groups is 1. The number of nitrogens with zero attached hydrogens (tertiary/aromatic N) is 2. The highest BCUT2D eigenvalue weighted by Crippen LogP contribution is 2.31. The summed E-state index contributed by atoms with van der Waals surface area (Å²) in [7, 11) is 1.69. The number of amidine groups is 1. The molecule has 72 valence electrons. The van der Waals surface area contributed by atoms with Crippen molar-refractivity contribution in [2.24, 2.45) is 4.99 Å². The Kier molecular flexibility index (Phi) is 2.29. The van der Waals surface area contributed by atoms with Gasteiger partial charge in [0.2, 0.25) is 9.05 Å². The Morgan fingerprint density at radius 2 is 2.46 bits per heavy atom. The van der Waals surface area contributed by atoms with E-state index in [0.29, 0.717) is 0 Å². The van der Waals surface area contributed by atoms with Gasteiger partial charge >= 0.3 is 0 Å². The topological polar surface area (TPSA) is 49.7 Å². The second-order valence-electron chi connectivity index (χ2n) is 2.74. The first-order chi connectivity index (χ1) is 6.04. The molecule has 0 unspecified atom stereocenters. The summed E-state index contributed by atoms with van der Waals surface area (Å²) in [4.78, 5) is 6.88. The van der Waals surface area contributed by atoms with Crippen molar-refractivity contribution in [1.82, 2.24) is 4.90 Å². The highest BCUT2D eigenvalue weighted by molar-refractivity contribution is 8.19. The molecule has 0 saturated carbocycles. The summed E-state index contributed by atoms with van der Waals surface area (Å²) in [6.07, 6.45) is 1.80. The lowest BCUT2D eigenvalue weighted by molar-refractivity contribution is 0.609. The van der Waals surface area contributed by atoms with Crippen molar-refractivity contribution in [2.45, 2.75) is 0 Å². The lowest BCUT2D eigenvalue weighted by Crippen LogP contribution is -2.14. The first-order valence-electron chi connectivity index (χ1n) is 3.66. The number of aliphatic imine (C=N–C) groups is 1. The number of halogens is 1.